The number of hydrogen-bond acceptors (Lipinski definition) is 3. The van der Waals surface area contributed by atoms with Gasteiger partial charge in [0, 0.05) is 11.1 Å². The number of nitriles is 1. The Balaban J connectivity index is 1.38. The van der Waals surface area contributed by atoms with E-state index in [0.717, 1.165) is 33.6 Å². The minimum Gasteiger partial charge on any atom is -0.361 e. The Morgan fingerprint density at radius 3 is 1.36 bits per heavy atom. The molecule has 4 heteroatoms. The summed E-state index contributed by atoms with van der Waals surface area (Å²) in [5.41, 5.74) is 8.55. The van der Waals surface area contributed by atoms with Gasteiger partial charge in [-0.1, -0.05) is 116 Å². The van der Waals surface area contributed by atoms with Crippen LogP contribution in [0.3, 0.4) is 0 Å². The summed E-state index contributed by atoms with van der Waals surface area (Å²) in [5.74, 6) is 0.393. The molecule has 7 aromatic rings. The largest absolute Gasteiger partial charge is 0.361 e. The maximum absolute atomic E-state index is 9.27. The Labute approximate surface area is 243 Å². The summed E-state index contributed by atoms with van der Waals surface area (Å²) < 4.78 is 0. The van der Waals surface area contributed by atoms with E-state index in [9.17, 15) is 5.26 Å². The average molecular weight is 535 g/mol. The predicted molar refractivity (Wildman–Crippen MR) is 170 cm³/mol. The molecule has 0 unspecified atom stereocenters. The first-order chi connectivity index (χ1) is 20.7. The van der Waals surface area contributed by atoms with Gasteiger partial charge in [-0.05, 0) is 68.1 Å². The van der Waals surface area contributed by atoms with Crippen LogP contribution in [0.2, 0.25) is 0 Å². The van der Waals surface area contributed by atoms with Gasteiger partial charge >= 0.3 is 0 Å². The molecule has 7 rings (SSSR count). The van der Waals surface area contributed by atoms with Crippen LogP contribution in [0, 0.1) is 17.9 Å². The van der Waals surface area contributed by atoms with Crippen LogP contribution in [0.5, 0.6) is 0 Å². The van der Waals surface area contributed by atoms with Crippen molar-refractivity contribution in [2.24, 2.45) is 0 Å². The maximum Gasteiger partial charge on any atom is 0.270 e. The van der Waals surface area contributed by atoms with Gasteiger partial charge in [-0.25, -0.2) is 4.98 Å². The zero-order chi connectivity index (χ0) is 28.5. The van der Waals surface area contributed by atoms with Crippen molar-refractivity contribution in [3.63, 3.8) is 0 Å². The Morgan fingerprint density at radius 2 is 0.905 bits per heavy atom. The molecule has 0 atom stereocenters. The average Bonchev–Trinajstić information content (AvgIpc) is 3.07. The zero-order valence-corrected chi connectivity index (χ0v) is 22.5. The quantitative estimate of drug-likeness (QED) is 0.167. The minimum atomic E-state index is 0.393. The van der Waals surface area contributed by atoms with E-state index in [-0.39, 0.29) is 0 Å². The molecule has 2 heterocycles. The first kappa shape index (κ1) is 24.9. The van der Waals surface area contributed by atoms with Crippen molar-refractivity contribution in [3.8, 4) is 50.8 Å². The lowest BCUT2D eigenvalue weighted by Gasteiger charge is -2.18. The molecule has 194 valence electrons. The molecule has 0 saturated carbocycles. The van der Waals surface area contributed by atoms with Gasteiger partial charge in [-0.2, -0.15) is 5.26 Å². The lowest BCUT2D eigenvalue weighted by molar-refractivity contribution is 1.27. The molecule has 0 radical (unpaired) electrons. The smallest absolute Gasteiger partial charge is 0.270 e. The van der Waals surface area contributed by atoms with E-state index in [1.807, 2.05) is 24.3 Å². The van der Waals surface area contributed by atoms with Gasteiger partial charge in [0.25, 0.3) is 5.82 Å². The molecule has 0 saturated heterocycles. The fourth-order valence-corrected chi connectivity index (χ4v) is 5.67. The van der Waals surface area contributed by atoms with Crippen LogP contribution in [0.1, 0.15) is 5.69 Å². The van der Waals surface area contributed by atoms with Crippen molar-refractivity contribution in [2.45, 2.75) is 0 Å². The number of pyridine rings is 2. The standard InChI is InChI=1S/C38H22N4/c1-40-36-15-7-14-35(42-36)26-18-22-28(23-19-26)38-32-11-4-2-9-30(32)37(31-10-3-5-12-33(31)38)27-20-16-25(17-21-27)34-13-6-8-29(24-39)41-34/h2-23H. The van der Waals surface area contributed by atoms with E-state index in [1.165, 1.54) is 32.7 Å². The third-order valence-electron chi connectivity index (χ3n) is 7.58. The summed E-state index contributed by atoms with van der Waals surface area (Å²) in [7, 11) is 0. The van der Waals surface area contributed by atoms with E-state index in [2.05, 4.69) is 118 Å². The number of rotatable bonds is 4. The topological polar surface area (TPSA) is 53.9 Å². The van der Waals surface area contributed by atoms with Gasteiger partial charge in [0.2, 0.25) is 0 Å². The molecular weight excluding hydrogens is 512 g/mol. The summed E-state index contributed by atoms with van der Waals surface area (Å²) in [6, 6.07) is 47.2. The highest BCUT2D eigenvalue weighted by molar-refractivity contribution is 6.21. The monoisotopic (exact) mass is 534 g/mol. The lowest BCUT2D eigenvalue weighted by atomic mass is 9.85. The fourth-order valence-electron chi connectivity index (χ4n) is 5.67. The molecule has 2 aromatic heterocycles. The number of nitrogens with zero attached hydrogens (tertiary/aromatic N) is 4. The Kier molecular flexibility index (Phi) is 6.21. The molecule has 0 N–H and O–H groups in total. The summed E-state index contributed by atoms with van der Waals surface area (Å²) in [4.78, 5) is 12.4. The van der Waals surface area contributed by atoms with Crippen LogP contribution in [0.4, 0.5) is 5.82 Å². The molecule has 5 aromatic carbocycles. The molecule has 42 heavy (non-hydrogen) atoms. The highest BCUT2D eigenvalue weighted by Gasteiger charge is 2.17. The van der Waals surface area contributed by atoms with E-state index >= 15 is 0 Å². The zero-order valence-electron chi connectivity index (χ0n) is 22.5. The van der Waals surface area contributed by atoms with Crippen LogP contribution >= 0.6 is 0 Å². The Morgan fingerprint density at radius 1 is 0.476 bits per heavy atom. The third-order valence-corrected chi connectivity index (χ3v) is 7.58. The van der Waals surface area contributed by atoms with E-state index in [0.29, 0.717) is 11.5 Å². The number of benzene rings is 5. The first-order valence-electron chi connectivity index (χ1n) is 13.6. The van der Waals surface area contributed by atoms with Crippen LogP contribution in [0.15, 0.2) is 133 Å². The SMILES string of the molecule is [C-]#[N+]c1cccc(-c2ccc(-c3c4ccccc4c(-c4ccc(-c5cccc(C#N)n5)cc4)c4ccccc34)cc2)n1. The van der Waals surface area contributed by atoms with Gasteiger partial charge in [0.1, 0.15) is 11.8 Å². The van der Waals surface area contributed by atoms with Crippen LogP contribution < -0.4 is 0 Å². The molecular formula is C38H22N4. The van der Waals surface area contributed by atoms with E-state index < -0.39 is 0 Å². The molecule has 4 nitrogen and oxygen atoms in total. The molecule has 0 fully saturated rings. The van der Waals surface area contributed by atoms with Crippen LogP contribution in [-0.2, 0) is 0 Å². The highest BCUT2D eigenvalue weighted by atomic mass is 14.9. The summed E-state index contributed by atoms with van der Waals surface area (Å²) in [6.07, 6.45) is 0. The molecule has 0 aliphatic rings. The van der Waals surface area contributed by atoms with Gasteiger partial charge in [0.05, 0.1) is 5.69 Å². The van der Waals surface area contributed by atoms with Crippen molar-refractivity contribution in [3.05, 3.63) is 151 Å². The van der Waals surface area contributed by atoms with Crippen LogP contribution in [0.25, 0.3) is 71.2 Å². The van der Waals surface area contributed by atoms with Crippen molar-refractivity contribution in [1.82, 2.24) is 9.97 Å². The second kappa shape index (κ2) is 10.5. The van der Waals surface area contributed by atoms with E-state index in [4.69, 9.17) is 6.57 Å². The second-order valence-corrected chi connectivity index (χ2v) is 10.0. The maximum atomic E-state index is 9.27. The summed E-state index contributed by atoms with van der Waals surface area (Å²) >= 11 is 0. The van der Waals surface area contributed by atoms with Crippen molar-refractivity contribution >= 4 is 27.4 Å². The van der Waals surface area contributed by atoms with Gasteiger partial charge in [-0.3, -0.25) is 0 Å². The first-order valence-corrected chi connectivity index (χ1v) is 13.6. The van der Waals surface area contributed by atoms with Gasteiger partial charge in [0.15, 0.2) is 5.69 Å². The summed E-state index contributed by atoms with van der Waals surface area (Å²) in [5, 5.41) is 14.0. The molecule has 0 bridgehead atoms. The van der Waals surface area contributed by atoms with Crippen molar-refractivity contribution in [1.29, 1.82) is 5.26 Å². The Bertz CT molecular complexity index is 1980. The van der Waals surface area contributed by atoms with Crippen molar-refractivity contribution in [2.75, 3.05) is 0 Å². The van der Waals surface area contributed by atoms with E-state index in [1.54, 1.807) is 12.1 Å². The normalized spacial score (nSPS) is 10.8. The third kappa shape index (κ3) is 4.34. The second-order valence-electron chi connectivity index (χ2n) is 10.0. The number of fused-ring (bicyclic) bond motifs is 2. The highest BCUT2D eigenvalue weighted by Crippen LogP contribution is 2.44. The Hall–Kier alpha value is -6.10. The molecule has 0 spiro atoms. The van der Waals surface area contributed by atoms with Gasteiger partial charge < -0.3 is 4.85 Å². The summed E-state index contributed by atoms with van der Waals surface area (Å²) in [6.45, 7) is 7.30. The molecule has 0 aliphatic carbocycles. The number of hydrogen-bond donors (Lipinski definition) is 0. The molecule has 0 aliphatic heterocycles. The lowest BCUT2D eigenvalue weighted by Crippen LogP contribution is -1.91. The minimum absolute atomic E-state index is 0.393. The van der Waals surface area contributed by atoms with Crippen LogP contribution in [-0.4, -0.2) is 9.97 Å². The predicted octanol–water partition coefficient (Wildman–Crippen LogP) is 9.87. The molecule has 0 amide bonds. The fraction of sp³-hybridized carbons (Fsp3) is 0. The van der Waals surface area contributed by atoms with Crippen molar-refractivity contribution < 1.29 is 0 Å². The number of aromatic nitrogens is 2. The van der Waals surface area contributed by atoms with Gasteiger partial charge in [-0.15, -0.1) is 4.98 Å².